The third kappa shape index (κ3) is 5.67. The summed E-state index contributed by atoms with van der Waals surface area (Å²) < 4.78 is 7.21. The van der Waals surface area contributed by atoms with E-state index in [0.29, 0.717) is 0 Å². The van der Waals surface area contributed by atoms with Gasteiger partial charge in [0.15, 0.2) is 0 Å². The molecule has 0 bridgehead atoms. The number of anilines is 3. The number of furan rings is 1. The second-order valence-corrected chi connectivity index (χ2v) is 17.1. The van der Waals surface area contributed by atoms with Gasteiger partial charge in [0.25, 0.3) is 0 Å². The van der Waals surface area contributed by atoms with Gasteiger partial charge in [-0.05, 0) is 102 Å². The van der Waals surface area contributed by atoms with Crippen LogP contribution in [0.25, 0.3) is 76.9 Å². The molecule has 2 nitrogen and oxygen atoms in total. The topological polar surface area (TPSA) is 16.4 Å². The average molecular weight is 828 g/mol. The number of hydrogen-bond donors (Lipinski definition) is 0. The van der Waals surface area contributed by atoms with Crippen LogP contribution in [0.5, 0.6) is 0 Å². The van der Waals surface area contributed by atoms with Crippen LogP contribution in [0, 0.1) is 0 Å². The maximum Gasteiger partial charge on any atom is 0.143 e. The van der Waals surface area contributed by atoms with Gasteiger partial charge in [-0.1, -0.05) is 206 Å². The Bertz CT molecular complexity index is 3730. The van der Waals surface area contributed by atoms with Crippen LogP contribution < -0.4 is 4.90 Å². The van der Waals surface area contributed by atoms with Gasteiger partial charge in [-0.25, -0.2) is 0 Å². The maximum absolute atomic E-state index is 7.21. The number of fused-ring (bicyclic) bond motifs is 8. The van der Waals surface area contributed by atoms with E-state index in [9.17, 15) is 0 Å². The molecular formula is C63H41NO. The lowest BCUT2D eigenvalue weighted by Gasteiger charge is -2.35. The summed E-state index contributed by atoms with van der Waals surface area (Å²) in [7, 11) is 0. The van der Waals surface area contributed by atoms with Crippen molar-refractivity contribution in [2.45, 2.75) is 5.41 Å². The first-order valence-corrected chi connectivity index (χ1v) is 22.4. The smallest absolute Gasteiger partial charge is 0.143 e. The van der Waals surface area contributed by atoms with E-state index in [2.05, 4.69) is 254 Å². The highest BCUT2D eigenvalue weighted by molar-refractivity contribution is 6.21. The van der Waals surface area contributed by atoms with Crippen LogP contribution in [0.4, 0.5) is 17.1 Å². The monoisotopic (exact) mass is 827 g/mol. The van der Waals surface area contributed by atoms with E-state index in [1.165, 1.54) is 60.5 Å². The van der Waals surface area contributed by atoms with Crippen LogP contribution in [0.15, 0.2) is 253 Å². The fourth-order valence-corrected chi connectivity index (χ4v) is 10.9. The third-order valence-electron chi connectivity index (χ3n) is 13.7. The van der Waals surface area contributed by atoms with Gasteiger partial charge in [-0.2, -0.15) is 0 Å². The summed E-state index contributed by atoms with van der Waals surface area (Å²) in [4.78, 5) is 2.43. The van der Waals surface area contributed by atoms with Gasteiger partial charge < -0.3 is 9.32 Å². The van der Waals surface area contributed by atoms with Crippen LogP contribution in [0.1, 0.15) is 22.3 Å². The lowest BCUT2D eigenvalue weighted by atomic mass is 9.67. The fraction of sp³-hybridized carbons (Fsp3) is 0.0159. The zero-order valence-electron chi connectivity index (χ0n) is 35.5. The molecule has 1 aliphatic carbocycles. The molecule has 1 aromatic heterocycles. The molecule has 0 spiro atoms. The molecule has 0 atom stereocenters. The van der Waals surface area contributed by atoms with Crippen LogP contribution in [-0.4, -0.2) is 0 Å². The highest BCUT2D eigenvalue weighted by atomic mass is 16.3. The number of para-hydroxylation sites is 1. The molecule has 1 heterocycles. The molecule has 13 rings (SSSR count). The Kier molecular flexibility index (Phi) is 8.47. The fourth-order valence-electron chi connectivity index (χ4n) is 10.9. The van der Waals surface area contributed by atoms with Crippen molar-refractivity contribution in [2.24, 2.45) is 0 Å². The number of benzene rings is 11. The zero-order chi connectivity index (χ0) is 42.9. The Morgan fingerprint density at radius 1 is 0.338 bits per heavy atom. The zero-order valence-corrected chi connectivity index (χ0v) is 35.5. The second kappa shape index (κ2) is 14.8. The molecule has 0 N–H and O–H groups in total. The summed E-state index contributed by atoms with van der Waals surface area (Å²) in [6, 6.07) is 90.7. The van der Waals surface area contributed by atoms with E-state index < -0.39 is 5.41 Å². The van der Waals surface area contributed by atoms with Gasteiger partial charge in [0.2, 0.25) is 0 Å². The Hall–Kier alpha value is -8.46. The molecule has 2 heteroatoms. The van der Waals surface area contributed by atoms with Gasteiger partial charge in [0.1, 0.15) is 11.2 Å². The number of nitrogens with zero attached hydrogens (tertiary/aromatic N) is 1. The molecular weight excluding hydrogens is 787 g/mol. The van der Waals surface area contributed by atoms with E-state index in [1.807, 2.05) is 0 Å². The predicted molar refractivity (Wildman–Crippen MR) is 272 cm³/mol. The molecule has 1 aliphatic rings. The Balaban J connectivity index is 1.08. The maximum atomic E-state index is 7.21. The first-order valence-electron chi connectivity index (χ1n) is 22.4. The van der Waals surface area contributed by atoms with Crippen molar-refractivity contribution in [2.75, 3.05) is 4.90 Å². The van der Waals surface area contributed by atoms with E-state index in [-0.39, 0.29) is 0 Å². The summed E-state index contributed by atoms with van der Waals surface area (Å²) >= 11 is 0. The molecule has 12 aromatic rings. The van der Waals surface area contributed by atoms with Crippen LogP contribution in [0.2, 0.25) is 0 Å². The lowest BCUT2D eigenvalue weighted by Crippen LogP contribution is -2.28. The molecule has 0 fully saturated rings. The van der Waals surface area contributed by atoms with Gasteiger partial charge in [0, 0.05) is 39.3 Å². The summed E-state index contributed by atoms with van der Waals surface area (Å²) in [6.45, 7) is 0. The molecule has 0 saturated carbocycles. The van der Waals surface area contributed by atoms with E-state index in [4.69, 9.17) is 4.42 Å². The van der Waals surface area contributed by atoms with Crippen molar-refractivity contribution in [1.82, 2.24) is 0 Å². The molecule has 0 unspecified atom stereocenters. The quantitative estimate of drug-likeness (QED) is 0.159. The van der Waals surface area contributed by atoms with Gasteiger partial charge in [-0.15, -0.1) is 0 Å². The molecule has 0 saturated heterocycles. The van der Waals surface area contributed by atoms with Crippen LogP contribution in [0.3, 0.4) is 0 Å². The lowest BCUT2D eigenvalue weighted by molar-refractivity contribution is 0.670. The first-order chi connectivity index (χ1) is 32.3. The average Bonchev–Trinajstić information content (AvgIpc) is 3.89. The van der Waals surface area contributed by atoms with E-state index in [1.54, 1.807) is 0 Å². The predicted octanol–water partition coefficient (Wildman–Crippen LogP) is 17.1. The summed E-state index contributed by atoms with van der Waals surface area (Å²) in [5.74, 6) is 0. The normalized spacial score (nSPS) is 12.7. The third-order valence-corrected chi connectivity index (χ3v) is 13.7. The second-order valence-electron chi connectivity index (χ2n) is 17.1. The highest BCUT2D eigenvalue weighted by Gasteiger charge is 2.46. The highest BCUT2D eigenvalue weighted by Crippen LogP contribution is 2.57. The standard InChI is InChI=1S/C63H41NO/c1-4-19-43(20-5-1)50-29-15-17-34-59(50)64(47-35-37-53-52-31-14-16-33-57(52)63(58(53)40-47,45-24-6-2-7-25-45)46-26-8-3-9-27-46)48-36-38-54-56-39-44-22-11-13-30-51(44)61(62(56)65-60(54)41-48)55-32-18-23-42-21-10-12-28-49(42)55/h1-41H. The Morgan fingerprint density at radius 3 is 1.69 bits per heavy atom. The van der Waals surface area contributed by atoms with E-state index in [0.717, 1.165) is 55.7 Å². The first kappa shape index (κ1) is 37.1. The van der Waals surface area contributed by atoms with Crippen molar-refractivity contribution in [3.8, 4) is 33.4 Å². The largest absolute Gasteiger partial charge is 0.455 e. The Morgan fingerprint density at radius 2 is 0.908 bits per heavy atom. The van der Waals surface area contributed by atoms with Crippen LogP contribution in [-0.2, 0) is 5.41 Å². The SMILES string of the molecule is c1ccc(-c2ccccc2N(c2ccc3c(c2)C(c2ccccc2)(c2ccccc2)c2ccccc2-3)c2ccc3c(c2)oc2c(-c4cccc5ccccc45)c4ccccc4cc23)cc1. The summed E-state index contributed by atoms with van der Waals surface area (Å²) in [5, 5.41) is 6.97. The van der Waals surface area contributed by atoms with Crippen molar-refractivity contribution >= 4 is 60.5 Å². The minimum atomic E-state index is -0.544. The molecule has 0 radical (unpaired) electrons. The van der Waals surface area contributed by atoms with Crippen molar-refractivity contribution in [3.05, 3.63) is 271 Å². The van der Waals surface area contributed by atoms with Gasteiger partial charge >= 0.3 is 0 Å². The molecule has 11 aromatic carbocycles. The van der Waals surface area contributed by atoms with Gasteiger partial charge in [0.05, 0.1) is 11.1 Å². The minimum Gasteiger partial charge on any atom is -0.455 e. The van der Waals surface area contributed by atoms with Crippen molar-refractivity contribution < 1.29 is 4.42 Å². The van der Waals surface area contributed by atoms with Gasteiger partial charge in [-0.3, -0.25) is 0 Å². The van der Waals surface area contributed by atoms with Crippen molar-refractivity contribution in [1.29, 1.82) is 0 Å². The molecule has 0 aliphatic heterocycles. The van der Waals surface area contributed by atoms with Crippen LogP contribution >= 0.6 is 0 Å². The minimum absolute atomic E-state index is 0.544. The van der Waals surface area contributed by atoms with Crippen molar-refractivity contribution in [3.63, 3.8) is 0 Å². The molecule has 65 heavy (non-hydrogen) atoms. The Labute approximate surface area is 377 Å². The number of hydrogen-bond acceptors (Lipinski definition) is 2. The summed E-state index contributed by atoms with van der Waals surface area (Å²) in [5.41, 5.74) is 16.5. The molecule has 304 valence electrons. The number of rotatable bonds is 7. The molecule has 0 amide bonds. The van der Waals surface area contributed by atoms with E-state index >= 15 is 0 Å². The summed E-state index contributed by atoms with van der Waals surface area (Å²) in [6.07, 6.45) is 0.